The number of benzene rings is 1. The Kier molecular flexibility index (Phi) is 5.16. The minimum Gasteiger partial charge on any atom is -0.396 e. The van der Waals surface area contributed by atoms with Crippen LogP contribution in [-0.2, 0) is 0 Å². The molecule has 0 spiro atoms. The number of nitrogens with zero attached hydrogens (tertiary/aromatic N) is 1. The van der Waals surface area contributed by atoms with E-state index in [0.29, 0.717) is 19.5 Å². The van der Waals surface area contributed by atoms with Crippen LogP contribution < -0.4 is 0 Å². The highest BCUT2D eigenvalue weighted by atomic mass is 32.2. The van der Waals surface area contributed by atoms with E-state index < -0.39 is 5.51 Å². The maximum absolute atomic E-state index is 12.5. The molecule has 1 aromatic rings. The first kappa shape index (κ1) is 16.2. The Labute approximate surface area is 125 Å². The molecule has 2 rings (SSSR count). The zero-order chi connectivity index (χ0) is 15.5. The maximum atomic E-state index is 12.5. The number of halogens is 3. The molecular weight excluding hydrogens is 303 g/mol. The van der Waals surface area contributed by atoms with Crippen molar-refractivity contribution in [2.45, 2.75) is 23.2 Å². The van der Waals surface area contributed by atoms with Crippen molar-refractivity contribution in [3.8, 4) is 0 Å². The van der Waals surface area contributed by atoms with E-state index in [2.05, 4.69) is 0 Å². The first-order chi connectivity index (χ1) is 9.90. The number of aliphatic hydroxyl groups excluding tert-OH is 1. The average Bonchev–Trinajstić information content (AvgIpc) is 2.86. The summed E-state index contributed by atoms with van der Waals surface area (Å²) in [6.07, 6.45) is 1.39. The van der Waals surface area contributed by atoms with Gasteiger partial charge in [-0.05, 0) is 42.7 Å². The topological polar surface area (TPSA) is 40.5 Å². The molecule has 0 aromatic heterocycles. The number of rotatable bonds is 4. The van der Waals surface area contributed by atoms with Crippen LogP contribution in [-0.4, -0.2) is 41.1 Å². The van der Waals surface area contributed by atoms with Crippen molar-refractivity contribution in [1.29, 1.82) is 0 Å². The molecule has 0 aliphatic carbocycles. The predicted octanol–water partition coefficient (Wildman–Crippen LogP) is 3.14. The van der Waals surface area contributed by atoms with Crippen LogP contribution in [0.15, 0.2) is 29.2 Å². The number of carbonyl (C=O) groups excluding carboxylic acids is 1. The highest BCUT2D eigenvalue weighted by Gasteiger charge is 2.33. The Bertz CT molecular complexity index is 507. The summed E-state index contributed by atoms with van der Waals surface area (Å²) in [4.78, 5) is 13.9. The van der Waals surface area contributed by atoms with Crippen molar-refractivity contribution >= 4 is 17.7 Å². The number of likely N-dealkylation sites (tertiary alicyclic amines) is 1. The molecule has 0 saturated carbocycles. The van der Waals surface area contributed by atoms with Crippen LogP contribution in [0.4, 0.5) is 13.2 Å². The minimum atomic E-state index is -4.42. The van der Waals surface area contributed by atoms with E-state index in [4.69, 9.17) is 5.11 Å². The Morgan fingerprint density at radius 3 is 2.76 bits per heavy atom. The first-order valence-corrected chi connectivity index (χ1v) is 7.47. The molecule has 1 saturated heterocycles. The Morgan fingerprint density at radius 2 is 2.10 bits per heavy atom. The quantitative estimate of drug-likeness (QED) is 0.867. The second-order valence-electron chi connectivity index (χ2n) is 4.96. The normalized spacial score (nSPS) is 19.0. The second-order valence-corrected chi connectivity index (χ2v) is 6.07. The lowest BCUT2D eigenvalue weighted by molar-refractivity contribution is -0.0328. The van der Waals surface area contributed by atoms with Gasteiger partial charge in [0.05, 0.1) is 5.56 Å². The van der Waals surface area contributed by atoms with Crippen molar-refractivity contribution in [3.05, 3.63) is 29.8 Å². The Hall–Kier alpha value is -1.21. The third-order valence-electron chi connectivity index (χ3n) is 3.45. The molecule has 1 aliphatic heterocycles. The maximum Gasteiger partial charge on any atom is 0.446 e. The molecule has 0 radical (unpaired) electrons. The van der Waals surface area contributed by atoms with Gasteiger partial charge in [0.2, 0.25) is 0 Å². The molecule has 1 unspecified atom stereocenters. The van der Waals surface area contributed by atoms with Gasteiger partial charge in [-0.15, -0.1) is 0 Å². The van der Waals surface area contributed by atoms with Gasteiger partial charge in [-0.3, -0.25) is 4.79 Å². The molecule has 1 aromatic carbocycles. The summed E-state index contributed by atoms with van der Waals surface area (Å²) in [7, 11) is 0. The van der Waals surface area contributed by atoms with Crippen molar-refractivity contribution in [1.82, 2.24) is 4.90 Å². The number of amides is 1. The molecular formula is C14H16F3NO2S. The van der Waals surface area contributed by atoms with Gasteiger partial charge in [0.15, 0.2) is 0 Å². The molecule has 1 heterocycles. The van der Waals surface area contributed by atoms with Crippen LogP contribution >= 0.6 is 11.8 Å². The summed E-state index contributed by atoms with van der Waals surface area (Å²) >= 11 is -0.262. The lowest BCUT2D eigenvalue weighted by Gasteiger charge is -2.18. The molecule has 1 N–H and O–H groups in total. The summed E-state index contributed by atoms with van der Waals surface area (Å²) in [6.45, 7) is 1.08. The molecule has 3 nitrogen and oxygen atoms in total. The fourth-order valence-corrected chi connectivity index (χ4v) is 3.12. The fourth-order valence-electron chi connectivity index (χ4n) is 2.46. The van der Waals surface area contributed by atoms with E-state index in [1.165, 1.54) is 18.2 Å². The fraction of sp³-hybridized carbons (Fsp3) is 0.500. The average molecular weight is 319 g/mol. The Balaban J connectivity index is 2.13. The predicted molar refractivity (Wildman–Crippen MR) is 74.1 cm³/mol. The van der Waals surface area contributed by atoms with Gasteiger partial charge >= 0.3 is 5.51 Å². The highest BCUT2D eigenvalue weighted by Crippen LogP contribution is 2.39. The zero-order valence-electron chi connectivity index (χ0n) is 11.3. The summed E-state index contributed by atoms with van der Waals surface area (Å²) < 4.78 is 37.6. The highest BCUT2D eigenvalue weighted by molar-refractivity contribution is 8.00. The number of aliphatic hydroxyl groups is 1. The van der Waals surface area contributed by atoms with Crippen LogP contribution in [0.25, 0.3) is 0 Å². The van der Waals surface area contributed by atoms with E-state index in [1.54, 1.807) is 11.0 Å². The van der Waals surface area contributed by atoms with E-state index in [9.17, 15) is 18.0 Å². The monoisotopic (exact) mass is 319 g/mol. The van der Waals surface area contributed by atoms with Gasteiger partial charge in [-0.1, -0.05) is 12.1 Å². The lowest BCUT2D eigenvalue weighted by Crippen LogP contribution is -2.29. The number of carbonyl (C=O) groups is 1. The molecule has 1 atom stereocenters. The van der Waals surface area contributed by atoms with E-state index >= 15 is 0 Å². The van der Waals surface area contributed by atoms with Gasteiger partial charge in [-0.2, -0.15) is 13.2 Å². The van der Waals surface area contributed by atoms with E-state index in [1.807, 2.05) is 0 Å². The van der Waals surface area contributed by atoms with Crippen LogP contribution in [0.5, 0.6) is 0 Å². The number of hydrogen-bond acceptors (Lipinski definition) is 3. The lowest BCUT2D eigenvalue weighted by atomic mass is 10.1. The SMILES string of the molecule is O=C(c1ccccc1SC(F)(F)F)N1CCC(CCO)C1. The van der Waals surface area contributed by atoms with Crippen molar-refractivity contribution in [3.63, 3.8) is 0 Å². The molecule has 116 valence electrons. The molecule has 7 heteroatoms. The number of thioether (sulfide) groups is 1. The third-order valence-corrected chi connectivity index (χ3v) is 4.26. The second kappa shape index (κ2) is 6.70. The van der Waals surface area contributed by atoms with Gasteiger partial charge in [0.1, 0.15) is 0 Å². The summed E-state index contributed by atoms with van der Waals surface area (Å²) in [5, 5.41) is 8.91. The molecule has 1 amide bonds. The standard InChI is InChI=1S/C14H16F3NO2S/c15-14(16,17)21-12-4-2-1-3-11(12)13(20)18-7-5-10(9-18)6-8-19/h1-4,10,19H,5-9H2. The zero-order valence-corrected chi connectivity index (χ0v) is 12.1. The number of alkyl halides is 3. The van der Waals surface area contributed by atoms with E-state index in [-0.39, 0.29) is 40.7 Å². The van der Waals surface area contributed by atoms with Gasteiger partial charge in [0.25, 0.3) is 5.91 Å². The molecule has 1 fully saturated rings. The first-order valence-electron chi connectivity index (χ1n) is 6.65. The van der Waals surface area contributed by atoms with Crippen LogP contribution in [0.3, 0.4) is 0 Å². The van der Waals surface area contributed by atoms with E-state index in [0.717, 1.165) is 6.42 Å². The Morgan fingerprint density at radius 1 is 1.38 bits per heavy atom. The van der Waals surface area contributed by atoms with Crippen molar-refractivity contribution in [2.24, 2.45) is 5.92 Å². The van der Waals surface area contributed by atoms with Crippen molar-refractivity contribution in [2.75, 3.05) is 19.7 Å². The largest absolute Gasteiger partial charge is 0.446 e. The summed E-state index contributed by atoms with van der Waals surface area (Å²) in [5.74, 6) is -0.149. The molecule has 21 heavy (non-hydrogen) atoms. The summed E-state index contributed by atoms with van der Waals surface area (Å²) in [5.41, 5.74) is -4.33. The van der Waals surface area contributed by atoms with Gasteiger partial charge in [-0.25, -0.2) is 0 Å². The minimum absolute atomic E-state index is 0.0627. The van der Waals surface area contributed by atoms with Crippen LogP contribution in [0, 0.1) is 5.92 Å². The molecule has 0 bridgehead atoms. The smallest absolute Gasteiger partial charge is 0.396 e. The van der Waals surface area contributed by atoms with Crippen LogP contribution in [0.1, 0.15) is 23.2 Å². The van der Waals surface area contributed by atoms with Gasteiger partial charge in [0, 0.05) is 24.6 Å². The van der Waals surface area contributed by atoms with Gasteiger partial charge < -0.3 is 10.0 Å². The molecule has 1 aliphatic rings. The van der Waals surface area contributed by atoms with Crippen LogP contribution in [0.2, 0.25) is 0 Å². The number of hydrogen-bond donors (Lipinski definition) is 1. The van der Waals surface area contributed by atoms with Crippen molar-refractivity contribution < 1.29 is 23.1 Å². The third kappa shape index (κ3) is 4.38. The summed E-state index contributed by atoms with van der Waals surface area (Å²) in [6, 6.07) is 5.79.